The molecule has 3 nitrogen and oxygen atoms in total. The number of aryl methyl sites for hydroxylation is 2. The first-order valence-corrected chi connectivity index (χ1v) is 8.25. The van der Waals surface area contributed by atoms with Crippen molar-refractivity contribution in [3.8, 4) is 0 Å². The summed E-state index contributed by atoms with van der Waals surface area (Å²) in [5.74, 6) is 0.0905. The van der Waals surface area contributed by atoms with Gasteiger partial charge in [-0.05, 0) is 60.5 Å². The molecule has 116 valence electrons. The van der Waals surface area contributed by atoms with Gasteiger partial charge in [0, 0.05) is 13.0 Å². The smallest absolute Gasteiger partial charge is 0.256 e. The Morgan fingerprint density at radius 2 is 1.78 bits per heavy atom. The van der Waals surface area contributed by atoms with Crippen molar-refractivity contribution in [2.45, 2.75) is 32.9 Å². The van der Waals surface area contributed by atoms with Crippen LogP contribution in [0.5, 0.6) is 0 Å². The Kier molecular flexibility index (Phi) is 3.23. The van der Waals surface area contributed by atoms with Gasteiger partial charge in [0.25, 0.3) is 5.91 Å². The third-order valence-electron chi connectivity index (χ3n) is 4.94. The van der Waals surface area contributed by atoms with Crippen LogP contribution in [-0.2, 0) is 17.8 Å². The van der Waals surface area contributed by atoms with Crippen molar-refractivity contribution in [2.24, 2.45) is 0 Å². The molecule has 4 rings (SSSR count). The topological polar surface area (TPSA) is 23.6 Å². The Bertz CT molecular complexity index is 787. The van der Waals surface area contributed by atoms with Gasteiger partial charge in [-0.25, -0.2) is 0 Å². The van der Waals surface area contributed by atoms with Crippen LogP contribution in [0.1, 0.15) is 22.3 Å². The van der Waals surface area contributed by atoms with E-state index in [0.29, 0.717) is 11.7 Å². The summed E-state index contributed by atoms with van der Waals surface area (Å²) in [6, 6.07) is 14.2. The van der Waals surface area contributed by atoms with Gasteiger partial charge in [0.2, 0.25) is 0 Å². The highest BCUT2D eigenvalue weighted by atomic mass is 32.1. The minimum absolute atomic E-state index is 0.0905. The monoisotopic (exact) mass is 322 g/mol. The molecule has 1 unspecified atom stereocenters. The van der Waals surface area contributed by atoms with Gasteiger partial charge in [-0.3, -0.25) is 9.69 Å². The number of nitrogens with zero attached hydrogens (tertiary/aromatic N) is 2. The average Bonchev–Trinajstić information content (AvgIpc) is 2.79. The molecule has 0 bridgehead atoms. The predicted octanol–water partition coefficient (Wildman–Crippen LogP) is 3.36. The fourth-order valence-electron chi connectivity index (χ4n) is 3.42. The third kappa shape index (κ3) is 2.17. The highest BCUT2D eigenvalue weighted by Gasteiger charge is 2.45. The van der Waals surface area contributed by atoms with Crippen molar-refractivity contribution in [3.05, 3.63) is 64.7 Å². The molecule has 1 fully saturated rings. The Balaban J connectivity index is 1.72. The van der Waals surface area contributed by atoms with Gasteiger partial charge in [0.15, 0.2) is 5.11 Å². The van der Waals surface area contributed by atoms with E-state index >= 15 is 0 Å². The average molecular weight is 322 g/mol. The zero-order valence-electron chi connectivity index (χ0n) is 13.2. The lowest BCUT2D eigenvalue weighted by Gasteiger charge is -2.30. The van der Waals surface area contributed by atoms with E-state index in [-0.39, 0.29) is 11.9 Å². The zero-order chi connectivity index (χ0) is 16.1. The lowest BCUT2D eigenvalue weighted by atomic mass is 9.95. The molecule has 0 spiro atoms. The second-order valence-corrected chi connectivity index (χ2v) is 6.71. The minimum Gasteiger partial charge on any atom is -0.332 e. The van der Waals surface area contributed by atoms with E-state index in [4.69, 9.17) is 12.2 Å². The van der Waals surface area contributed by atoms with Crippen LogP contribution in [0.2, 0.25) is 0 Å². The molecule has 2 aliphatic rings. The fraction of sp³-hybridized carbons (Fsp3) is 0.263. The summed E-state index contributed by atoms with van der Waals surface area (Å²) >= 11 is 5.63. The summed E-state index contributed by atoms with van der Waals surface area (Å²) in [5.41, 5.74) is 5.79. The van der Waals surface area contributed by atoms with Crippen molar-refractivity contribution in [3.63, 3.8) is 0 Å². The number of rotatable bonds is 1. The van der Waals surface area contributed by atoms with E-state index < -0.39 is 0 Å². The van der Waals surface area contributed by atoms with Crippen molar-refractivity contribution in [2.75, 3.05) is 4.90 Å². The SMILES string of the molecule is Cc1ccc(N2C(=O)C3Cc4ccccc4CN3C2=S)cc1C. The van der Waals surface area contributed by atoms with Crippen molar-refractivity contribution in [1.29, 1.82) is 0 Å². The molecule has 0 N–H and O–H groups in total. The number of amides is 1. The predicted molar refractivity (Wildman–Crippen MR) is 95.5 cm³/mol. The van der Waals surface area contributed by atoms with Crippen LogP contribution in [-0.4, -0.2) is 22.0 Å². The van der Waals surface area contributed by atoms with Crippen molar-refractivity contribution in [1.82, 2.24) is 4.90 Å². The van der Waals surface area contributed by atoms with Gasteiger partial charge in [-0.2, -0.15) is 0 Å². The summed E-state index contributed by atoms with van der Waals surface area (Å²) in [6.45, 7) is 4.85. The first-order valence-electron chi connectivity index (χ1n) is 7.85. The summed E-state index contributed by atoms with van der Waals surface area (Å²) in [4.78, 5) is 16.7. The molecule has 0 radical (unpaired) electrons. The summed E-state index contributed by atoms with van der Waals surface area (Å²) in [5, 5.41) is 0.623. The molecule has 1 amide bonds. The molecule has 4 heteroatoms. The number of carbonyl (C=O) groups is 1. The number of fused-ring (bicyclic) bond motifs is 2. The minimum atomic E-state index is -0.168. The lowest BCUT2D eigenvalue weighted by Crippen LogP contribution is -2.39. The molecular formula is C19H18N2OS. The number of hydrogen-bond acceptors (Lipinski definition) is 2. The van der Waals surface area contributed by atoms with E-state index in [1.807, 2.05) is 30.3 Å². The van der Waals surface area contributed by atoms with E-state index in [9.17, 15) is 4.79 Å². The molecule has 2 heterocycles. The van der Waals surface area contributed by atoms with Crippen molar-refractivity contribution < 1.29 is 4.79 Å². The van der Waals surface area contributed by atoms with E-state index in [2.05, 4.69) is 30.9 Å². The Morgan fingerprint density at radius 1 is 1.04 bits per heavy atom. The summed E-state index contributed by atoms with van der Waals surface area (Å²) < 4.78 is 0. The molecule has 1 saturated heterocycles. The van der Waals surface area contributed by atoms with Gasteiger partial charge in [-0.15, -0.1) is 0 Å². The number of anilines is 1. The van der Waals surface area contributed by atoms with Crippen LogP contribution in [0.3, 0.4) is 0 Å². The molecule has 1 atom stereocenters. The number of hydrogen-bond donors (Lipinski definition) is 0. The highest BCUT2D eigenvalue weighted by Crippen LogP contribution is 2.33. The number of carbonyl (C=O) groups excluding carboxylic acids is 1. The molecule has 0 saturated carbocycles. The summed E-state index contributed by atoms with van der Waals surface area (Å²) in [6.07, 6.45) is 0.733. The normalized spacial score (nSPS) is 19.8. The fourth-order valence-corrected chi connectivity index (χ4v) is 3.81. The lowest BCUT2D eigenvalue weighted by molar-refractivity contribution is -0.119. The van der Waals surface area contributed by atoms with Crippen LogP contribution in [0.4, 0.5) is 5.69 Å². The second kappa shape index (κ2) is 5.17. The Labute approximate surface area is 141 Å². The van der Waals surface area contributed by atoms with Crippen LogP contribution < -0.4 is 4.90 Å². The Morgan fingerprint density at radius 3 is 2.52 bits per heavy atom. The van der Waals surface area contributed by atoms with Crippen LogP contribution in [0.15, 0.2) is 42.5 Å². The quantitative estimate of drug-likeness (QED) is 0.752. The molecule has 0 aliphatic carbocycles. The largest absolute Gasteiger partial charge is 0.332 e. The Hall–Kier alpha value is -2.20. The first-order chi connectivity index (χ1) is 11.1. The zero-order valence-corrected chi connectivity index (χ0v) is 14.1. The van der Waals surface area contributed by atoms with Gasteiger partial charge < -0.3 is 4.90 Å². The number of thiocarbonyl (C=S) groups is 1. The molecular weight excluding hydrogens is 304 g/mol. The van der Waals surface area contributed by atoms with Crippen LogP contribution in [0, 0.1) is 13.8 Å². The highest BCUT2D eigenvalue weighted by molar-refractivity contribution is 7.80. The van der Waals surface area contributed by atoms with E-state index in [1.54, 1.807) is 4.90 Å². The molecule has 2 aromatic carbocycles. The van der Waals surface area contributed by atoms with Gasteiger partial charge in [0.05, 0.1) is 5.69 Å². The van der Waals surface area contributed by atoms with Crippen molar-refractivity contribution >= 4 is 28.9 Å². The van der Waals surface area contributed by atoms with Gasteiger partial charge in [-0.1, -0.05) is 30.3 Å². The first kappa shape index (κ1) is 14.4. The summed E-state index contributed by atoms with van der Waals surface area (Å²) in [7, 11) is 0. The standard InChI is InChI=1S/C19H18N2OS/c1-12-7-8-16(9-13(12)2)21-18(22)17-10-14-5-3-4-6-15(14)11-20(17)19(21)23/h3-9,17H,10-11H2,1-2H3. The van der Waals surface area contributed by atoms with E-state index in [0.717, 1.165) is 12.1 Å². The third-order valence-corrected chi connectivity index (χ3v) is 5.36. The molecule has 0 aromatic heterocycles. The maximum atomic E-state index is 13.0. The molecule has 2 aliphatic heterocycles. The second-order valence-electron chi connectivity index (χ2n) is 6.34. The maximum absolute atomic E-state index is 13.0. The maximum Gasteiger partial charge on any atom is 0.256 e. The van der Waals surface area contributed by atoms with Crippen LogP contribution in [0.25, 0.3) is 0 Å². The van der Waals surface area contributed by atoms with Gasteiger partial charge >= 0.3 is 0 Å². The van der Waals surface area contributed by atoms with Gasteiger partial charge in [0.1, 0.15) is 6.04 Å². The van der Waals surface area contributed by atoms with E-state index in [1.165, 1.54) is 22.3 Å². The molecule has 2 aromatic rings. The molecule has 23 heavy (non-hydrogen) atoms. The van der Waals surface area contributed by atoms with Crippen LogP contribution >= 0.6 is 12.2 Å². The number of benzene rings is 2.